The maximum absolute atomic E-state index is 10.4. The minimum absolute atomic E-state index is 0.256. The van der Waals surface area contributed by atoms with E-state index in [2.05, 4.69) is 4.98 Å². The molecule has 5 heteroatoms. The Hall–Kier alpha value is -0.870. The molecule has 1 aromatic rings. The van der Waals surface area contributed by atoms with Crippen LogP contribution in [0.4, 0.5) is 0 Å². The number of ether oxygens (including phenoxy) is 1. The van der Waals surface area contributed by atoms with Crippen LogP contribution in [-0.2, 0) is 18.4 Å². The van der Waals surface area contributed by atoms with Crippen LogP contribution in [0.25, 0.3) is 0 Å². The molecule has 66 valence electrons. The van der Waals surface area contributed by atoms with Gasteiger partial charge in [0.2, 0.25) is 0 Å². The molecule has 1 rings (SSSR count). The Morgan fingerprint density at radius 1 is 1.75 bits per heavy atom. The highest BCUT2D eigenvalue weighted by atomic mass is 35.5. The highest BCUT2D eigenvalue weighted by Crippen LogP contribution is 2.14. The Morgan fingerprint density at radius 2 is 2.42 bits per heavy atom. The summed E-state index contributed by atoms with van der Waals surface area (Å²) in [6.45, 7) is 0.351. The van der Waals surface area contributed by atoms with Gasteiger partial charge in [-0.1, -0.05) is 11.6 Å². The van der Waals surface area contributed by atoms with Gasteiger partial charge in [0.25, 0.3) is 0 Å². The summed E-state index contributed by atoms with van der Waals surface area (Å²) in [5.41, 5.74) is 0.256. The van der Waals surface area contributed by atoms with Gasteiger partial charge in [0.1, 0.15) is 23.3 Å². The van der Waals surface area contributed by atoms with Crippen LogP contribution in [0.2, 0.25) is 5.15 Å². The third kappa shape index (κ3) is 1.49. The van der Waals surface area contributed by atoms with E-state index in [0.29, 0.717) is 23.9 Å². The number of imidazole rings is 1. The lowest BCUT2D eigenvalue weighted by molar-refractivity contribution is 0.111. The third-order valence-corrected chi connectivity index (χ3v) is 1.97. The average Bonchev–Trinajstić information content (AvgIpc) is 2.33. The number of hydrogen-bond acceptors (Lipinski definition) is 3. The van der Waals surface area contributed by atoms with Crippen molar-refractivity contribution in [2.45, 2.75) is 6.61 Å². The first kappa shape index (κ1) is 9.22. The largest absolute Gasteiger partial charge is 0.377 e. The van der Waals surface area contributed by atoms with Gasteiger partial charge in [0, 0.05) is 14.2 Å². The average molecular weight is 189 g/mol. The van der Waals surface area contributed by atoms with Gasteiger partial charge in [0.05, 0.1) is 0 Å². The second-order valence-electron chi connectivity index (χ2n) is 2.31. The number of carbonyl (C=O) groups excluding carboxylic acids is 1. The fourth-order valence-corrected chi connectivity index (χ4v) is 1.06. The van der Waals surface area contributed by atoms with E-state index in [1.54, 1.807) is 18.7 Å². The monoisotopic (exact) mass is 188 g/mol. The lowest BCUT2D eigenvalue weighted by Crippen LogP contribution is -1.98. The summed E-state index contributed by atoms with van der Waals surface area (Å²) in [5.74, 6) is 0.643. The van der Waals surface area contributed by atoms with Crippen LogP contribution in [0.5, 0.6) is 0 Å². The van der Waals surface area contributed by atoms with Gasteiger partial charge in [-0.05, 0) is 0 Å². The zero-order valence-corrected chi connectivity index (χ0v) is 7.63. The quantitative estimate of drug-likeness (QED) is 0.666. The third-order valence-electron chi connectivity index (χ3n) is 1.53. The Bertz CT molecular complexity index is 296. The Kier molecular flexibility index (Phi) is 2.83. The van der Waals surface area contributed by atoms with Gasteiger partial charge in [-0.15, -0.1) is 0 Å². The van der Waals surface area contributed by atoms with Crippen molar-refractivity contribution in [1.29, 1.82) is 0 Å². The molecule has 0 amide bonds. The lowest BCUT2D eigenvalue weighted by Gasteiger charge is -1.98. The van der Waals surface area contributed by atoms with Crippen molar-refractivity contribution in [3.8, 4) is 0 Å². The number of carbonyl (C=O) groups is 1. The van der Waals surface area contributed by atoms with Crippen molar-refractivity contribution in [1.82, 2.24) is 9.55 Å². The van der Waals surface area contributed by atoms with Crippen LogP contribution in [0.3, 0.4) is 0 Å². The molecule has 0 atom stereocenters. The fraction of sp³-hybridized carbons (Fsp3) is 0.429. The van der Waals surface area contributed by atoms with Gasteiger partial charge in [-0.25, -0.2) is 4.98 Å². The molecule has 1 heterocycles. The molecule has 0 N–H and O–H groups in total. The number of rotatable bonds is 3. The molecule has 0 spiro atoms. The van der Waals surface area contributed by atoms with Crippen molar-refractivity contribution in [3.05, 3.63) is 16.7 Å². The molecule has 1 aromatic heterocycles. The van der Waals surface area contributed by atoms with E-state index in [1.807, 2.05) is 0 Å². The number of aldehydes is 1. The van der Waals surface area contributed by atoms with E-state index in [0.717, 1.165) is 0 Å². The second kappa shape index (κ2) is 3.69. The minimum atomic E-state index is 0.256. The van der Waals surface area contributed by atoms with E-state index in [1.165, 1.54) is 0 Å². The van der Waals surface area contributed by atoms with E-state index in [9.17, 15) is 4.79 Å². The van der Waals surface area contributed by atoms with Crippen molar-refractivity contribution in [3.63, 3.8) is 0 Å². The van der Waals surface area contributed by atoms with Crippen LogP contribution in [0.15, 0.2) is 0 Å². The Labute approximate surface area is 75.1 Å². The van der Waals surface area contributed by atoms with Crippen molar-refractivity contribution < 1.29 is 9.53 Å². The molecule has 4 nitrogen and oxygen atoms in total. The molecule has 0 aliphatic heterocycles. The maximum atomic E-state index is 10.4. The second-order valence-corrected chi connectivity index (χ2v) is 2.67. The van der Waals surface area contributed by atoms with Crippen LogP contribution in [0, 0.1) is 0 Å². The standard InChI is InChI=1S/C7H9ClN2O2/c1-10-6(4-12-2)9-5(3-11)7(10)8/h3H,4H2,1-2H3. The molecule has 0 saturated heterocycles. The van der Waals surface area contributed by atoms with Crippen molar-refractivity contribution in [2.24, 2.45) is 7.05 Å². The molecule has 0 aliphatic carbocycles. The maximum Gasteiger partial charge on any atom is 0.171 e. The van der Waals surface area contributed by atoms with Crippen LogP contribution >= 0.6 is 11.6 Å². The zero-order valence-electron chi connectivity index (χ0n) is 6.87. The number of nitrogens with zero attached hydrogens (tertiary/aromatic N) is 2. The Balaban J connectivity index is 3.06. The molecule has 12 heavy (non-hydrogen) atoms. The smallest absolute Gasteiger partial charge is 0.171 e. The number of halogens is 1. The number of aromatic nitrogens is 2. The van der Waals surface area contributed by atoms with Gasteiger partial charge in [-0.3, -0.25) is 4.79 Å². The predicted octanol–water partition coefficient (Wildman–Crippen LogP) is 1.03. The molecule has 0 bridgehead atoms. The van der Waals surface area contributed by atoms with Gasteiger partial charge in [-0.2, -0.15) is 0 Å². The highest BCUT2D eigenvalue weighted by Gasteiger charge is 2.10. The summed E-state index contributed by atoms with van der Waals surface area (Å²) in [6, 6.07) is 0. The predicted molar refractivity (Wildman–Crippen MR) is 44.3 cm³/mol. The van der Waals surface area contributed by atoms with Crippen LogP contribution < -0.4 is 0 Å². The SMILES string of the molecule is COCc1nc(C=O)c(Cl)n1C. The minimum Gasteiger partial charge on any atom is -0.377 e. The van der Waals surface area contributed by atoms with Crippen LogP contribution in [-0.4, -0.2) is 22.9 Å². The molecule has 0 unspecified atom stereocenters. The number of hydrogen-bond donors (Lipinski definition) is 0. The van der Waals surface area contributed by atoms with Crippen LogP contribution in [0.1, 0.15) is 16.3 Å². The van der Waals surface area contributed by atoms with E-state index in [4.69, 9.17) is 16.3 Å². The van der Waals surface area contributed by atoms with E-state index >= 15 is 0 Å². The molecule has 0 saturated carbocycles. The van der Waals surface area contributed by atoms with E-state index < -0.39 is 0 Å². The molecule has 0 radical (unpaired) electrons. The summed E-state index contributed by atoms with van der Waals surface area (Å²) in [6.07, 6.45) is 0.626. The summed E-state index contributed by atoms with van der Waals surface area (Å²) in [4.78, 5) is 14.4. The summed E-state index contributed by atoms with van der Waals surface area (Å²) in [5, 5.41) is 0.344. The lowest BCUT2D eigenvalue weighted by atomic mass is 10.5. The molecular formula is C7H9ClN2O2. The zero-order chi connectivity index (χ0) is 9.14. The Morgan fingerprint density at radius 3 is 2.83 bits per heavy atom. The van der Waals surface area contributed by atoms with Crippen molar-refractivity contribution in [2.75, 3.05) is 7.11 Å². The fourth-order valence-electron chi connectivity index (χ4n) is 0.878. The topological polar surface area (TPSA) is 44.1 Å². The van der Waals surface area contributed by atoms with Gasteiger partial charge < -0.3 is 9.30 Å². The van der Waals surface area contributed by atoms with Crippen molar-refractivity contribution >= 4 is 17.9 Å². The first-order valence-corrected chi connectivity index (χ1v) is 3.73. The number of methoxy groups -OCH3 is 1. The highest BCUT2D eigenvalue weighted by molar-refractivity contribution is 6.31. The molecular weight excluding hydrogens is 180 g/mol. The first-order chi connectivity index (χ1) is 5.70. The first-order valence-electron chi connectivity index (χ1n) is 3.36. The normalized spacial score (nSPS) is 10.2. The van der Waals surface area contributed by atoms with Gasteiger partial charge in [0.15, 0.2) is 6.29 Å². The van der Waals surface area contributed by atoms with Gasteiger partial charge >= 0.3 is 0 Å². The summed E-state index contributed by atoms with van der Waals surface area (Å²) < 4.78 is 6.48. The molecule has 0 fully saturated rings. The van der Waals surface area contributed by atoms with E-state index in [-0.39, 0.29) is 5.69 Å². The summed E-state index contributed by atoms with van der Waals surface area (Å²) in [7, 11) is 3.29. The molecule has 0 aromatic carbocycles. The summed E-state index contributed by atoms with van der Waals surface area (Å²) >= 11 is 5.76. The molecule has 0 aliphatic rings.